The molecule has 0 aromatic rings. The van der Waals surface area contributed by atoms with Crippen LogP contribution in [0.2, 0.25) is 0 Å². The Balaban J connectivity index is 3.85. The molecular weight excluding hydrogens is 178 g/mol. The molecule has 0 radical (unpaired) electrons. The van der Waals surface area contributed by atoms with Gasteiger partial charge in [-0.15, -0.1) is 0 Å². The van der Waals surface area contributed by atoms with Gasteiger partial charge in [0.25, 0.3) is 0 Å². The molecule has 0 amide bonds. The van der Waals surface area contributed by atoms with E-state index >= 15 is 0 Å². The van der Waals surface area contributed by atoms with Crippen LogP contribution < -0.4 is 5.73 Å². The molecule has 82 valence electrons. The fourth-order valence-electron chi connectivity index (χ4n) is 1.05. The summed E-state index contributed by atoms with van der Waals surface area (Å²) < 4.78 is 5.05. The van der Waals surface area contributed by atoms with E-state index in [4.69, 9.17) is 15.7 Å². The van der Waals surface area contributed by atoms with Gasteiger partial charge in [0.2, 0.25) is 0 Å². The van der Waals surface area contributed by atoms with Crippen LogP contribution in [0.5, 0.6) is 0 Å². The summed E-state index contributed by atoms with van der Waals surface area (Å²) in [6, 6.07) is 2.44. The molecule has 0 aliphatic heterocycles. The number of nitrogens with zero attached hydrogens (tertiary/aromatic N) is 2. The van der Waals surface area contributed by atoms with Gasteiger partial charge in [0.05, 0.1) is 12.7 Å². The van der Waals surface area contributed by atoms with Crippen LogP contribution in [0.15, 0.2) is 0 Å². The molecule has 0 aromatic carbocycles. The standard InChI is InChI=1S/C10H21N3O/c1-9(7-14-4)13(3)6-5-10(2,12)8-11/h9H,5-7,12H2,1-4H3. The molecule has 14 heavy (non-hydrogen) atoms. The molecule has 0 aliphatic carbocycles. The van der Waals surface area contributed by atoms with Gasteiger partial charge in [0.1, 0.15) is 5.54 Å². The van der Waals surface area contributed by atoms with Crippen LogP contribution in [0, 0.1) is 11.3 Å². The van der Waals surface area contributed by atoms with Crippen LogP contribution in [0.3, 0.4) is 0 Å². The van der Waals surface area contributed by atoms with Crippen molar-refractivity contribution in [3.8, 4) is 6.07 Å². The van der Waals surface area contributed by atoms with Crippen LogP contribution >= 0.6 is 0 Å². The van der Waals surface area contributed by atoms with Gasteiger partial charge >= 0.3 is 0 Å². The molecule has 0 bridgehead atoms. The number of ether oxygens (including phenoxy) is 1. The number of rotatable bonds is 6. The SMILES string of the molecule is COCC(C)N(C)CCC(C)(N)C#N. The van der Waals surface area contributed by atoms with Crippen LogP contribution in [-0.2, 0) is 4.74 Å². The van der Waals surface area contributed by atoms with Crippen LogP contribution in [0.25, 0.3) is 0 Å². The first-order valence-electron chi connectivity index (χ1n) is 4.82. The van der Waals surface area contributed by atoms with Gasteiger partial charge in [-0.25, -0.2) is 0 Å². The summed E-state index contributed by atoms with van der Waals surface area (Å²) in [7, 11) is 3.70. The predicted molar refractivity (Wildman–Crippen MR) is 56.8 cm³/mol. The molecule has 0 heterocycles. The molecule has 2 N–H and O–H groups in total. The van der Waals surface area contributed by atoms with E-state index in [9.17, 15) is 0 Å². The average molecular weight is 199 g/mol. The second kappa shape index (κ2) is 5.97. The molecule has 4 nitrogen and oxygen atoms in total. The topological polar surface area (TPSA) is 62.3 Å². The van der Waals surface area contributed by atoms with Gasteiger partial charge in [-0.05, 0) is 27.3 Å². The first kappa shape index (κ1) is 13.4. The van der Waals surface area contributed by atoms with Crippen molar-refractivity contribution >= 4 is 0 Å². The minimum Gasteiger partial charge on any atom is -0.383 e. The molecular formula is C10H21N3O. The average Bonchev–Trinajstić information content (AvgIpc) is 2.15. The molecule has 4 heteroatoms. The lowest BCUT2D eigenvalue weighted by Gasteiger charge is -2.26. The highest BCUT2D eigenvalue weighted by Gasteiger charge is 2.19. The lowest BCUT2D eigenvalue weighted by atomic mass is 10.0. The number of hydrogen-bond donors (Lipinski definition) is 1. The van der Waals surface area contributed by atoms with Gasteiger partial charge in [-0.3, -0.25) is 0 Å². The van der Waals surface area contributed by atoms with Gasteiger partial charge in [-0.1, -0.05) is 0 Å². The maximum Gasteiger partial charge on any atom is 0.102 e. The summed E-state index contributed by atoms with van der Waals surface area (Å²) in [5.41, 5.74) is 5.00. The third kappa shape index (κ3) is 5.18. The highest BCUT2D eigenvalue weighted by atomic mass is 16.5. The van der Waals surface area contributed by atoms with Crippen molar-refractivity contribution in [3.63, 3.8) is 0 Å². The van der Waals surface area contributed by atoms with Crippen LogP contribution in [0.1, 0.15) is 20.3 Å². The van der Waals surface area contributed by atoms with Gasteiger partial charge in [0.15, 0.2) is 0 Å². The minimum absolute atomic E-state index is 0.356. The largest absolute Gasteiger partial charge is 0.383 e. The summed E-state index contributed by atoms with van der Waals surface area (Å²) in [5.74, 6) is 0. The molecule has 2 unspecified atom stereocenters. The zero-order valence-electron chi connectivity index (χ0n) is 9.58. The Hall–Kier alpha value is -0.630. The molecule has 0 spiro atoms. The van der Waals surface area contributed by atoms with E-state index in [0.717, 1.165) is 6.54 Å². The third-order valence-corrected chi connectivity index (χ3v) is 2.40. The van der Waals surface area contributed by atoms with Crippen LogP contribution in [0.4, 0.5) is 0 Å². The molecule has 0 aromatic heterocycles. The molecule has 2 atom stereocenters. The smallest absolute Gasteiger partial charge is 0.102 e. The normalized spacial score (nSPS) is 17.5. The highest BCUT2D eigenvalue weighted by Crippen LogP contribution is 2.06. The molecule has 0 saturated carbocycles. The van der Waals surface area contributed by atoms with Gasteiger partial charge < -0.3 is 15.4 Å². The summed E-state index contributed by atoms with van der Waals surface area (Å²) in [4.78, 5) is 2.14. The maximum absolute atomic E-state index is 8.73. The van der Waals surface area contributed by atoms with Crippen molar-refractivity contribution in [2.24, 2.45) is 5.73 Å². The zero-order valence-corrected chi connectivity index (χ0v) is 9.58. The van der Waals surface area contributed by atoms with E-state index in [0.29, 0.717) is 19.1 Å². The van der Waals surface area contributed by atoms with E-state index in [-0.39, 0.29) is 0 Å². The van der Waals surface area contributed by atoms with E-state index in [1.807, 2.05) is 7.05 Å². The molecule has 0 aliphatic rings. The van der Waals surface area contributed by atoms with E-state index in [1.165, 1.54) is 0 Å². The fraction of sp³-hybridized carbons (Fsp3) is 0.900. The summed E-state index contributed by atoms with van der Waals surface area (Å²) in [6.45, 7) is 5.35. The highest BCUT2D eigenvalue weighted by molar-refractivity contribution is 5.01. The van der Waals surface area contributed by atoms with Gasteiger partial charge in [0, 0.05) is 19.7 Å². The number of hydrogen-bond acceptors (Lipinski definition) is 4. The number of nitrogens with two attached hydrogens (primary N) is 1. The van der Waals surface area contributed by atoms with E-state index < -0.39 is 5.54 Å². The second-order valence-electron chi connectivity index (χ2n) is 4.06. The van der Waals surface area contributed by atoms with Crippen molar-refractivity contribution < 1.29 is 4.74 Å². The Kier molecular flexibility index (Phi) is 5.70. The predicted octanol–water partition coefficient (Wildman–Crippen LogP) is 0.584. The number of likely N-dealkylation sites (N-methyl/N-ethyl adjacent to an activating group) is 1. The lowest BCUT2D eigenvalue weighted by Crippen LogP contribution is -2.41. The minimum atomic E-state index is -0.721. The lowest BCUT2D eigenvalue weighted by molar-refractivity contribution is 0.112. The van der Waals surface area contributed by atoms with E-state index in [1.54, 1.807) is 14.0 Å². The van der Waals surface area contributed by atoms with Crippen molar-refractivity contribution in [2.75, 3.05) is 27.3 Å². The fourth-order valence-corrected chi connectivity index (χ4v) is 1.05. The summed E-state index contributed by atoms with van der Waals surface area (Å²) in [5, 5.41) is 8.73. The van der Waals surface area contributed by atoms with E-state index in [2.05, 4.69) is 17.9 Å². The van der Waals surface area contributed by atoms with Crippen molar-refractivity contribution in [1.82, 2.24) is 4.90 Å². The Labute approximate surface area is 86.6 Å². The summed E-state index contributed by atoms with van der Waals surface area (Å²) >= 11 is 0. The van der Waals surface area contributed by atoms with Gasteiger partial charge in [-0.2, -0.15) is 5.26 Å². The Morgan fingerprint density at radius 3 is 2.64 bits per heavy atom. The third-order valence-electron chi connectivity index (χ3n) is 2.40. The van der Waals surface area contributed by atoms with Crippen molar-refractivity contribution in [2.45, 2.75) is 31.8 Å². The van der Waals surface area contributed by atoms with Crippen molar-refractivity contribution in [3.05, 3.63) is 0 Å². The number of nitriles is 1. The molecule has 0 saturated heterocycles. The quantitative estimate of drug-likeness (QED) is 0.680. The summed E-state index contributed by atoms with van der Waals surface area (Å²) in [6.07, 6.45) is 0.675. The Morgan fingerprint density at radius 1 is 1.64 bits per heavy atom. The first-order chi connectivity index (χ1) is 6.43. The Morgan fingerprint density at radius 2 is 2.21 bits per heavy atom. The Bertz CT molecular complexity index is 198. The van der Waals surface area contributed by atoms with Crippen LogP contribution in [-0.4, -0.2) is 43.8 Å². The zero-order chi connectivity index (χ0) is 11.2. The molecule has 0 rings (SSSR count). The monoisotopic (exact) mass is 199 g/mol. The number of methoxy groups -OCH3 is 1. The second-order valence-corrected chi connectivity index (χ2v) is 4.06. The van der Waals surface area contributed by atoms with Crippen molar-refractivity contribution in [1.29, 1.82) is 5.26 Å². The maximum atomic E-state index is 8.73. The first-order valence-corrected chi connectivity index (χ1v) is 4.82. The molecule has 0 fully saturated rings.